The van der Waals surface area contributed by atoms with Crippen LogP contribution in [0.4, 0.5) is 5.00 Å². The quantitative estimate of drug-likeness (QED) is 0.519. The zero-order valence-electron chi connectivity index (χ0n) is 14.9. The molecule has 0 unspecified atom stereocenters. The Bertz CT molecular complexity index is 1010. The van der Waals surface area contributed by atoms with Crippen LogP contribution in [0.2, 0.25) is 0 Å². The van der Waals surface area contributed by atoms with Gasteiger partial charge in [-0.25, -0.2) is 0 Å². The van der Waals surface area contributed by atoms with Crippen molar-refractivity contribution in [2.75, 3.05) is 12.4 Å². The molecule has 2 rings (SSSR count). The number of nitrogens with one attached hydrogen (secondary N) is 1. The van der Waals surface area contributed by atoms with Crippen LogP contribution in [0.1, 0.15) is 28.5 Å². The number of aromatic hydroxyl groups is 1. The standard InChI is InChI=1S/C19H16BrN3O3S/c1-4-13-10(2)27-19(14(13)9-22)23-18(25)12(8-21)5-11-6-17(26-3)16(24)7-15(11)20/h5-7,24H,4H2,1-3H3,(H,23,25). The van der Waals surface area contributed by atoms with Crippen LogP contribution in [-0.4, -0.2) is 18.1 Å². The van der Waals surface area contributed by atoms with E-state index in [0.717, 1.165) is 10.4 Å². The Morgan fingerprint density at radius 2 is 2.15 bits per heavy atom. The van der Waals surface area contributed by atoms with E-state index in [1.54, 1.807) is 0 Å². The summed E-state index contributed by atoms with van der Waals surface area (Å²) >= 11 is 4.60. The summed E-state index contributed by atoms with van der Waals surface area (Å²) in [6.07, 6.45) is 2.07. The van der Waals surface area contributed by atoms with Crippen molar-refractivity contribution in [2.45, 2.75) is 20.3 Å². The van der Waals surface area contributed by atoms with E-state index in [-0.39, 0.29) is 17.1 Å². The Labute approximate surface area is 169 Å². The van der Waals surface area contributed by atoms with Gasteiger partial charge >= 0.3 is 0 Å². The molecule has 1 aromatic carbocycles. The Morgan fingerprint density at radius 3 is 2.70 bits per heavy atom. The molecule has 2 aromatic rings. The van der Waals surface area contributed by atoms with E-state index in [1.807, 2.05) is 19.9 Å². The number of halogens is 1. The molecule has 8 heteroatoms. The number of phenolic OH excluding ortho intramolecular Hbond substituents is 1. The number of anilines is 1. The number of hydrogen-bond donors (Lipinski definition) is 2. The lowest BCUT2D eigenvalue weighted by Gasteiger charge is -2.07. The highest BCUT2D eigenvalue weighted by Crippen LogP contribution is 2.35. The number of nitriles is 2. The average molecular weight is 446 g/mol. The third-order valence-corrected chi connectivity index (χ3v) is 5.61. The van der Waals surface area contributed by atoms with Crippen LogP contribution in [0.3, 0.4) is 0 Å². The highest BCUT2D eigenvalue weighted by atomic mass is 79.9. The molecule has 1 aromatic heterocycles. The van der Waals surface area contributed by atoms with Crippen molar-refractivity contribution in [3.63, 3.8) is 0 Å². The van der Waals surface area contributed by atoms with Crippen LogP contribution in [0.25, 0.3) is 6.08 Å². The van der Waals surface area contributed by atoms with Gasteiger partial charge in [0.2, 0.25) is 0 Å². The first-order valence-corrected chi connectivity index (χ1v) is 9.49. The Kier molecular flexibility index (Phi) is 6.62. The number of amides is 1. The number of benzene rings is 1. The fourth-order valence-electron chi connectivity index (χ4n) is 2.52. The molecule has 1 amide bonds. The van der Waals surface area contributed by atoms with Crippen LogP contribution < -0.4 is 10.1 Å². The summed E-state index contributed by atoms with van der Waals surface area (Å²) < 4.78 is 5.55. The van der Waals surface area contributed by atoms with Gasteiger partial charge in [-0.3, -0.25) is 4.79 Å². The van der Waals surface area contributed by atoms with Gasteiger partial charge in [-0.05, 0) is 42.7 Å². The van der Waals surface area contributed by atoms with Crippen LogP contribution in [0.5, 0.6) is 11.5 Å². The molecule has 0 saturated carbocycles. The number of hydrogen-bond acceptors (Lipinski definition) is 6. The first-order chi connectivity index (χ1) is 12.9. The van der Waals surface area contributed by atoms with Crippen molar-refractivity contribution < 1.29 is 14.6 Å². The molecular weight excluding hydrogens is 430 g/mol. The predicted molar refractivity (Wildman–Crippen MR) is 108 cm³/mol. The van der Waals surface area contributed by atoms with Gasteiger partial charge in [-0.15, -0.1) is 11.3 Å². The number of thiophene rings is 1. The summed E-state index contributed by atoms with van der Waals surface area (Å²) in [6.45, 7) is 3.83. The second-order valence-electron chi connectivity index (χ2n) is 5.48. The maximum absolute atomic E-state index is 12.6. The molecule has 0 aliphatic carbocycles. The van der Waals surface area contributed by atoms with E-state index in [9.17, 15) is 20.4 Å². The second-order valence-corrected chi connectivity index (χ2v) is 7.55. The van der Waals surface area contributed by atoms with Crippen molar-refractivity contribution in [3.05, 3.63) is 43.7 Å². The summed E-state index contributed by atoms with van der Waals surface area (Å²) in [5.41, 5.74) is 1.68. The van der Waals surface area contributed by atoms with Crippen LogP contribution in [0, 0.1) is 29.6 Å². The molecule has 138 valence electrons. The van der Waals surface area contributed by atoms with E-state index in [2.05, 4.69) is 27.3 Å². The van der Waals surface area contributed by atoms with Crippen molar-refractivity contribution in [1.82, 2.24) is 0 Å². The minimum atomic E-state index is -0.614. The Morgan fingerprint density at radius 1 is 1.44 bits per heavy atom. The molecule has 0 spiro atoms. The van der Waals surface area contributed by atoms with Gasteiger partial charge in [-0.1, -0.05) is 22.9 Å². The first-order valence-electron chi connectivity index (χ1n) is 7.88. The summed E-state index contributed by atoms with van der Waals surface area (Å²) in [7, 11) is 1.40. The van der Waals surface area contributed by atoms with Crippen molar-refractivity contribution in [2.24, 2.45) is 0 Å². The number of carbonyl (C=O) groups excluding carboxylic acids is 1. The van der Waals surface area contributed by atoms with Crippen molar-refractivity contribution in [1.29, 1.82) is 10.5 Å². The van der Waals surface area contributed by atoms with Crippen LogP contribution in [0.15, 0.2) is 22.2 Å². The van der Waals surface area contributed by atoms with Crippen LogP contribution in [-0.2, 0) is 11.2 Å². The molecule has 0 bridgehead atoms. The number of methoxy groups -OCH3 is 1. The van der Waals surface area contributed by atoms with E-state index in [4.69, 9.17) is 4.74 Å². The molecular formula is C19H16BrN3O3S. The highest BCUT2D eigenvalue weighted by molar-refractivity contribution is 9.10. The van der Waals surface area contributed by atoms with Crippen molar-refractivity contribution >= 4 is 44.3 Å². The summed E-state index contributed by atoms with van der Waals surface area (Å²) in [5.74, 6) is -0.462. The van der Waals surface area contributed by atoms with E-state index in [1.165, 1.54) is 36.7 Å². The lowest BCUT2D eigenvalue weighted by molar-refractivity contribution is -0.112. The molecule has 0 aliphatic heterocycles. The number of ether oxygens (including phenoxy) is 1. The zero-order chi connectivity index (χ0) is 20.1. The lowest BCUT2D eigenvalue weighted by Crippen LogP contribution is -2.13. The Balaban J connectivity index is 2.40. The monoisotopic (exact) mass is 445 g/mol. The van der Waals surface area contributed by atoms with Crippen molar-refractivity contribution in [3.8, 4) is 23.6 Å². The van der Waals surface area contributed by atoms with E-state index < -0.39 is 5.91 Å². The minimum Gasteiger partial charge on any atom is -0.504 e. The first kappa shape index (κ1) is 20.5. The SMILES string of the molecule is CCc1c(C)sc(NC(=O)C(C#N)=Cc2cc(OC)c(O)cc2Br)c1C#N. The van der Waals surface area contributed by atoms with Gasteiger partial charge < -0.3 is 15.2 Å². The highest BCUT2D eigenvalue weighted by Gasteiger charge is 2.19. The molecule has 27 heavy (non-hydrogen) atoms. The Hall–Kier alpha value is -2.81. The minimum absolute atomic E-state index is 0.0655. The van der Waals surface area contributed by atoms with Gasteiger partial charge in [0.15, 0.2) is 11.5 Å². The predicted octanol–water partition coefficient (Wildman–Crippen LogP) is 4.51. The molecule has 6 nitrogen and oxygen atoms in total. The molecule has 0 radical (unpaired) electrons. The zero-order valence-corrected chi connectivity index (χ0v) is 17.3. The molecule has 0 fully saturated rings. The number of aryl methyl sites for hydroxylation is 1. The lowest BCUT2D eigenvalue weighted by atomic mass is 10.1. The molecule has 1 heterocycles. The topological polar surface area (TPSA) is 106 Å². The number of phenols is 1. The third kappa shape index (κ3) is 4.30. The maximum Gasteiger partial charge on any atom is 0.266 e. The number of nitrogens with zero attached hydrogens (tertiary/aromatic N) is 2. The summed E-state index contributed by atoms with van der Waals surface area (Å²) in [6, 6.07) is 6.92. The van der Waals surface area contributed by atoms with Gasteiger partial charge in [0, 0.05) is 9.35 Å². The molecule has 0 aliphatic rings. The molecule has 0 atom stereocenters. The van der Waals surface area contributed by atoms with E-state index in [0.29, 0.717) is 27.0 Å². The largest absolute Gasteiger partial charge is 0.504 e. The smallest absolute Gasteiger partial charge is 0.266 e. The number of carbonyl (C=O) groups is 1. The van der Waals surface area contributed by atoms with Gasteiger partial charge in [0.05, 0.1) is 12.7 Å². The second kappa shape index (κ2) is 8.72. The van der Waals surface area contributed by atoms with E-state index >= 15 is 0 Å². The summed E-state index contributed by atoms with van der Waals surface area (Å²) in [4.78, 5) is 13.5. The van der Waals surface area contributed by atoms with Gasteiger partial charge in [0.1, 0.15) is 22.7 Å². The summed E-state index contributed by atoms with van der Waals surface area (Å²) in [5, 5.41) is 31.7. The maximum atomic E-state index is 12.6. The van der Waals surface area contributed by atoms with Crippen LogP contribution >= 0.6 is 27.3 Å². The van der Waals surface area contributed by atoms with Gasteiger partial charge in [-0.2, -0.15) is 10.5 Å². The molecule has 2 N–H and O–H groups in total. The average Bonchev–Trinajstić information content (AvgIpc) is 2.94. The fraction of sp³-hybridized carbons (Fsp3) is 0.211. The third-order valence-electron chi connectivity index (χ3n) is 3.86. The molecule has 0 saturated heterocycles. The fourth-order valence-corrected chi connectivity index (χ4v) is 4.05. The normalized spacial score (nSPS) is 10.8. The number of rotatable bonds is 5. The van der Waals surface area contributed by atoms with Gasteiger partial charge in [0.25, 0.3) is 5.91 Å².